The molecule has 0 radical (unpaired) electrons. The second kappa shape index (κ2) is 5.52. The van der Waals surface area contributed by atoms with Gasteiger partial charge < -0.3 is 9.30 Å². The summed E-state index contributed by atoms with van der Waals surface area (Å²) in [7, 11) is 1.92. The largest absolute Gasteiger partial charge is 0.455 e. The van der Waals surface area contributed by atoms with Gasteiger partial charge in [0.1, 0.15) is 11.6 Å². The minimum Gasteiger partial charge on any atom is -0.455 e. The number of esters is 1. The van der Waals surface area contributed by atoms with E-state index in [2.05, 4.69) is 4.98 Å². The third kappa shape index (κ3) is 2.49. The Labute approximate surface area is 137 Å². The third-order valence-electron chi connectivity index (χ3n) is 3.78. The number of carbonyl (C=O) groups is 1. The van der Waals surface area contributed by atoms with E-state index in [0.29, 0.717) is 5.56 Å². The topological polar surface area (TPSA) is 44.1 Å². The summed E-state index contributed by atoms with van der Waals surface area (Å²) in [5, 5.41) is 1.71. The van der Waals surface area contributed by atoms with Crippen LogP contribution in [0.15, 0.2) is 54.7 Å². The van der Waals surface area contributed by atoms with Crippen molar-refractivity contribution in [1.82, 2.24) is 9.55 Å². The highest BCUT2D eigenvalue weighted by molar-refractivity contribution is 7.18. The van der Waals surface area contributed by atoms with E-state index >= 15 is 0 Å². The molecule has 0 spiro atoms. The van der Waals surface area contributed by atoms with Crippen LogP contribution in [0.2, 0.25) is 0 Å². The lowest BCUT2D eigenvalue weighted by molar-refractivity contribution is 0.0475. The summed E-state index contributed by atoms with van der Waals surface area (Å²) in [6.07, 6.45) is 1.81. The van der Waals surface area contributed by atoms with Gasteiger partial charge in [-0.1, -0.05) is 30.3 Å². The van der Waals surface area contributed by atoms with E-state index < -0.39 is 0 Å². The fourth-order valence-corrected chi connectivity index (χ4v) is 3.57. The number of carbonyl (C=O) groups excluding carboxylic acids is 1. The molecule has 0 atom stereocenters. The zero-order valence-corrected chi connectivity index (χ0v) is 13.3. The zero-order valence-electron chi connectivity index (χ0n) is 12.5. The molecular formula is C18H14N2O2S. The Bertz CT molecular complexity index is 983. The fraction of sp³-hybridized carbons (Fsp3) is 0.111. The average molecular weight is 322 g/mol. The van der Waals surface area contributed by atoms with Crippen molar-refractivity contribution in [1.29, 1.82) is 0 Å². The number of hydrogen-bond donors (Lipinski definition) is 0. The van der Waals surface area contributed by atoms with Gasteiger partial charge in [-0.2, -0.15) is 0 Å². The van der Waals surface area contributed by atoms with Gasteiger partial charge in [0.05, 0.1) is 15.8 Å². The smallest absolute Gasteiger partial charge is 0.340 e. The van der Waals surface area contributed by atoms with Crippen LogP contribution in [0.4, 0.5) is 0 Å². The van der Waals surface area contributed by atoms with Crippen LogP contribution >= 0.6 is 11.3 Å². The van der Waals surface area contributed by atoms with Crippen LogP contribution in [0, 0.1) is 0 Å². The molecular weight excluding hydrogens is 308 g/mol. The van der Waals surface area contributed by atoms with Gasteiger partial charge >= 0.3 is 5.97 Å². The number of rotatable bonds is 3. The highest BCUT2D eigenvalue weighted by atomic mass is 32.1. The van der Waals surface area contributed by atoms with Crippen molar-refractivity contribution < 1.29 is 9.53 Å². The molecule has 0 N–H and O–H groups in total. The highest BCUT2D eigenvalue weighted by Crippen LogP contribution is 2.24. The number of aryl methyl sites for hydroxylation is 1. The Morgan fingerprint density at radius 2 is 1.96 bits per heavy atom. The monoisotopic (exact) mass is 322 g/mol. The van der Waals surface area contributed by atoms with Crippen LogP contribution in [-0.2, 0) is 18.4 Å². The predicted octanol–water partition coefficient (Wildman–Crippen LogP) is 4.15. The SMILES string of the molecule is Cn1cc(C(=O)OCc2nc3ccccc3s2)c2ccccc21. The highest BCUT2D eigenvalue weighted by Gasteiger charge is 2.15. The lowest BCUT2D eigenvalue weighted by Gasteiger charge is -2.01. The summed E-state index contributed by atoms with van der Waals surface area (Å²) in [6, 6.07) is 15.7. The minimum atomic E-state index is -0.318. The summed E-state index contributed by atoms with van der Waals surface area (Å²) in [6.45, 7) is 0.196. The average Bonchev–Trinajstić information content (AvgIpc) is 3.14. The Balaban J connectivity index is 1.57. The number of thiazole rings is 1. The van der Waals surface area contributed by atoms with E-state index in [1.54, 1.807) is 11.3 Å². The molecule has 5 heteroatoms. The summed E-state index contributed by atoms with van der Waals surface area (Å²) in [5.74, 6) is -0.318. The van der Waals surface area contributed by atoms with Gasteiger partial charge in [-0.25, -0.2) is 9.78 Å². The van der Waals surface area contributed by atoms with Gasteiger partial charge in [-0.15, -0.1) is 11.3 Å². The van der Waals surface area contributed by atoms with Gasteiger partial charge in [-0.05, 0) is 18.2 Å². The molecule has 0 aliphatic rings. The second-order valence-corrected chi connectivity index (χ2v) is 6.44. The van der Waals surface area contributed by atoms with Gasteiger partial charge in [0.15, 0.2) is 0 Å². The third-order valence-corrected chi connectivity index (χ3v) is 4.79. The van der Waals surface area contributed by atoms with Crippen LogP contribution in [0.1, 0.15) is 15.4 Å². The standard InChI is InChI=1S/C18H14N2O2S/c1-20-10-13(12-6-2-4-8-15(12)20)18(21)22-11-17-19-14-7-3-5-9-16(14)23-17/h2-10H,11H2,1H3. The molecule has 23 heavy (non-hydrogen) atoms. The van der Waals surface area contributed by atoms with Gasteiger partial charge in [-0.3, -0.25) is 0 Å². The first kappa shape index (κ1) is 14.0. The maximum absolute atomic E-state index is 12.4. The number of hydrogen-bond acceptors (Lipinski definition) is 4. The predicted molar refractivity (Wildman–Crippen MR) is 91.7 cm³/mol. The number of ether oxygens (including phenoxy) is 1. The van der Waals surface area contributed by atoms with Crippen molar-refractivity contribution in [2.24, 2.45) is 7.05 Å². The molecule has 0 saturated heterocycles. The Morgan fingerprint density at radius 1 is 1.17 bits per heavy atom. The molecule has 2 heterocycles. The van der Waals surface area contributed by atoms with Crippen LogP contribution in [0.25, 0.3) is 21.1 Å². The maximum Gasteiger partial charge on any atom is 0.340 e. The first-order chi connectivity index (χ1) is 11.2. The molecule has 0 aliphatic carbocycles. The van der Waals surface area contributed by atoms with E-state index in [4.69, 9.17) is 4.74 Å². The van der Waals surface area contributed by atoms with E-state index in [1.165, 1.54) is 0 Å². The lowest BCUT2D eigenvalue weighted by atomic mass is 10.2. The Morgan fingerprint density at radius 3 is 2.83 bits per heavy atom. The number of nitrogens with zero attached hydrogens (tertiary/aromatic N) is 2. The first-order valence-electron chi connectivity index (χ1n) is 7.28. The normalized spacial score (nSPS) is 11.2. The number of aromatic nitrogens is 2. The van der Waals surface area contributed by atoms with Crippen LogP contribution in [0.5, 0.6) is 0 Å². The maximum atomic E-state index is 12.4. The molecule has 114 valence electrons. The molecule has 0 unspecified atom stereocenters. The van der Waals surface area contributed by atoms with Crippen LogP contribution in [0.3, 0.4) is 0 Å². The molecule has 0 bridgehead atoms. The minimum absolute atomic E-state index is 0.196. The van der Waals surface area contributed by atoms with E-state index in [9.17, 15) is 4.79 Å². The Hall–Kier alpha value is -2.66. The second-order valence-electron chi connectivity index (χ2n) is 5.32. The molecule has 0 saturated carbocycles. The number of benzene rings is 2. The van der Waals surface area contributed by atoms with Crippen molar-refractivity contribution in [2.45, 2.75) is 6.61 Å². The first-order valence-corrected chi connectivity index (χ1v) is 8.09. The number of para-hydroxylation sites is 2. The van der Waals surface area contributed by atoms with Gasteiger partial charge in [0, 0.05) is 24.1 Å². The summed E-state index contributed by atoms with van der Waals surface area (Å²) < 4.78 is 8.50. The molecule has 2 aromatic heterocycles. The van der Waals surface area contributed by atoms with Gasteiger partial charge in [0.25, 0.3) is 0 Å². The molecule has 0 fully saturated rings. The summed E-state index contributed by atoms with van der Waals surface area (Å²) in [4.78, 5) is 16.9. The van der Waals surface area contributed by atoms with Crippen molar-refractivity contribution in [3.63, 3.8) is 0 Å². The van der Waals surface area contributed by atoms with Crippen LogP contribution in [-0.4, -0.2) is 15.5 Å². The lowest BCUT2D eigenvalue weighted by Crippen LogP contribution is -2.04. The van der Waals surface area contributed by atoms with Crippen molar-refractivity contribution in [3.8, 4) is 0 Å². The summed E-state index contributed by atoms with van der Waals surface area (Å²) in [5.41, 5.74) is 2.54. The van der Waals surface area contributed by atoms with E-state index in [-0.39, 0.29) is 12.6 Å². The van der Waals surface area contributed by atoms with Crippen molar-refractivity contribution >= 4 is 38.4 Å². The van der Waals surface area contributed by atoms with Crippen LogP contribution < -0.4 is 0 Å². The zero-order chi connectivity index (χ0) is 15.8. The molecule has 4 aromatic rings. The summed E-state index contributed by atoms with van der Waals surface area (Å²) >= 11 is 1.55. The molecule has 2 aromatic carbocycles. The Kier molecular flexibility index (Phi) is 3.35. The fourth-order valence-electron chi connectivity index (χ4n) is 2.69. The molecule has 4 nitrogen and oxygen atoms in total. The number of fused-ring (bicyclic) bond motifs is 2. The van der Waals surface area contributed by atoms with Crippen molar-refractivity contribution in [2.75, 3.05) is 0 Å². The molecule has 0 aliphatic heterocycles. The quantitative estimate of drug-likeness (QED) is 0.532. The van der Waals surface area contributed by atoms with Crippen molar-refractivity contribution in [3.05, 3.63) is 65.3 Å². The van der Waals surface area contributed by atoms with Gasteiger partial charge in [0.2, 0.25) is 0 Å². The van der Waals surface area contributed by atoms with E-state index in [1.807, 2.05) is 66.3 Å². The van der Waals surface area contributed by atoms with E-state index in [0.717, 1.165) is 26.1 Å². The molecule has 4 rings (SSSR count). The molecule has 0 amide bonds.